The van der Waals surface area contributed by atoms with Crippen molar-refractivity contribution in [2.24, 2.45) is 46.8 Å². The second kappa shape index (κ2) is 9.29. The molecule has 0 N–H and O–H groups in total. The Bertz CT molecular complexity index is 565. The van der Waals surface area contributed by atoms with E-state index in [1.165, 1.54) is 38.5 Å². The van der Waals surface area contributed by atoms with E-state index in [4.69, 9.17) is 9.47 Å². The molecule has 0 heterocycles. The van der Waals surface area contributed by atoms with Gasteiger partial charge in [-0.3, -0.25) is 0 Å². The van der Waals surface area contributed by atoms with Gasteiger partial charge in [-0.1, -0.05) is 6.92 Å². The summed E-state index contributed by atoms with van der Waals surface area (Å²) in [4.78, 5) is 0. The minimum absolute atomic E-state index is 0.331. The van der Waals surface area contributed by atoms with Gasteiger partial charge in [-0.05, 0) is 112 Å². The van der Waals surface area contributed by atoms with Crippen molar-refractivity contribution in [2.75, 3.05) is 26.9 Å². The van der Waals surface area contributed by atoms with Crippen LogP contribution in [0.25, 0.3) is 0 Å². The maximum Gasteiger partial charge on any atom is 0.391 e. The summed E-state index contributed by atoms with van der Waals surface area (Å²) in [6, 6.07) is 0. The van der Waals surface area contributed by atoms with E-state index in [9.17, 15) is 13.2 Å². The summed E-state index contributed by atoms with van der Waals surface area (Å²) in [6.07, 6.45) is 7.48. The molecule has 0 aromatic carbocycles. The van der Waals surface area contributed by atoms with Gasteiger partial charge in [0.2, 0.25) is 0 Å². The Labute approximate surface area is 180 Å². The number of hydrogen-bond donors (Lipinski definition) is 0. The lowest BCUT2D eigenvalue weighted by Crippen LogP contribution is -2.49. The molecule has 2 nitrogen and oxygen atoms in total. The second-order valence-corrected chi connectivity index (χ2v) is 11.1. The van der Waals surface area contributed by atoms with E-state index in [1.54, 1.807) is 7.11 Å². The molecule has 5 heteroatoms. The second-order valence-electron chi connectivity index (χ2n) is 11.1. The molecule has 8 atom stereocenters. The standard InChI is InChI=1S/C25H41F3O2/c1-24-12-11-21-20-9-6-19(25(26,27)28)16-17(20)5-8-22(21)23(24)10-7-18(24)4-3-13-30-15-14-29-2/h17-23H,3-16H2,1-2H3. The largest absolute Gasteiger partial charge is 0.391 e. The predicted octanol–water partition coefficient (Wildman–Crippen LogP) is 6.88. The van der Waals surface area contributed by atoms with Crippen LogP contribution in [0, 0.1) is 46.8 Å². The molecule has 4 aliphatic carbocycles. The molecule has 4 saturated carbocycles. The van der Waals surface area contributed by atoms with Gasteiger partial charge in [0.05, 0.1) is 19.1 Å². The van der Waals surface area contributed by atoms with Crippen molar-refractivity contribution >= 4 is 0 Å². The molecule has 30 heavy (non-hydrogen) atoms. The number of halogens is 3. The zero-order valence-electron chi connectivity index (χ0n) is 18.9. The normalized spacial score (nSPS) is 43.7. The van der Waals surface area contributed by atoms with E-state index in [0.29, 0.717) is 49.2 Å². The summed E-state index contributed by atoms with van der Waals surface area (Å²) in [7, 11) is 1.70. The predicted molar refractivity (Wildman–Crippen MR) is 112 cm³/mol. The van der Waals surface area contributed by atoms with Crippen LogP contribution >= 0.6 is 0 Å². The van der Waals surface area contributed by atoms with Gasteiger partial charge < -0.3 is 9.47 Å². The molecule has 0 spiro atoms. The lowest BCUT2D eigenvalue weighted by Gasteiger charge is -2.56. The Hall–Kier alpha value is -0.290. The fraction of sp³-hybridized carbons (Fsp3) is 1.00. The first kappa shape index (κ1) is 22.9. The third-order valence-corrected chi connectivity index (χ3v) is 9.89. The molecule has 8 unspecified atom stereocenters. The van der Waals surface area contributed by atoms with Crippen LogP contribution in [0.3, 0.4) is 0 Å². The summed E-state index contributed by atoms with van der Waals surface area (Å²) in [5.74, 6) is 2.94. The van der Waals surface area contributed by atoms with Crippen molar-refractivity contribution in [3.8, 4) is 0 Å². The van der Waals surface area contributed by atoms with E-state index < -0.39 is 12.1 Å². The van der Waals surface area contributed by atoms with Crippen LogP contribution in [0.5, 0.6) is 0 Å². The van der Waals surface area contributed by atoms with Gasteiger partial charge in [-0.25, -0.2) is 0 Å². The Morgan fingerprint density at radius 3 is 2.43 bits per heavy atom. The third kappa shape index (κ3) is 4.44. The number of methoxy groups -OCH3 is 1. The van der Waals surface area contributed by atoms with Gasteiger partial charge in [0.1, 0.15) is 0 Å². The summed E-state index contributed by atoms with van der Waals surface area (Å²) in [6.45, 7) is 4.72. The summed E-state index contributed by atoms with van der Waals surface area (Å²) in [5.41, 5.74) is 0.448. The molecule has 0 aliphatic heterocycles. The highest BCUT2D eigenvalue weighted by Gasteiger charge is 2.57. The maximum atomic E-state index is 13.3. The molecule has 4 aliphatic rings. The molecule has 0 bridgehead atoms. The number of fused-ring (bicyclic) bond motifs is 5. The fourth-order valence-electron chi connectivity index (χ4n) is 8.41. The van der Waals surface area contributed by atoms with Crippen molar-refractivity contribution in [3.63, 3.8) is 0 Å². The smallest absolute Gasteiger partial charge is 0.382 e. The van der Waals surface area contributed by atoms with Gasteiger partial charge >= 0.3 is 6.18 Å². The van der Waals surface area contributed by atoms with Crippen LogP contribution in [-0.4, -0.2) is 33.1 Å². The van der Waals surface area contributed by atoms with Crippen LogP contribution in [0.4, 0.5) is 13.2 Å². The molecular formula is C25H41F3O2. The van der Waals surface area contributed by atoms with Crippen molar-refractivity contribution in [1.29, 1.82) is 0 Å². The highest BCUT2D eigenvalue weighted by Crippen LogP contribution is 2.65. The van der Waals surface area contributed by atoms with E-state index >= 15 is 0 Å². The van der Waals surface area contributed by atoms with E-state index in [0.717, 1.165) is 43.6 Å². The maximum absolute atomic E-state index is 13.3. The number of ether oxygens (including phenoxy) is 2. The average molecular weight is 431 g/mol. The molecule has 174 valence electrons. The van der Waals surface area contributed by atoms with Gasteiger partial charge in [0, 0.05) is 13.7 Å². The zero-order chi connectivity index (χ0) is 21.4. The first-order chi connectivity index (χ1) is 14.3. The van der Waals surface area contributed by atoms with Crippen molar-refractivity contribution < 1.29 is 22.6 Å². The molecule has 4 fully saturated rings. The summed E-state index contributed by atoms with van der Waals surface area (Å²) < 4.78 is 50.5. The van der Waals surface area contributed by atoms with Crippen LogP contribution in [-0.2, 0) is 9.47 Å². The van der Waals surface area contributed by atoms with Crippen molar-refractivity contribution in [1.82, 2.24) is 0 Å². The Morgan fingerprint density at radius 1 is 0.867 bits per heavy atom. The molecule has 4 rings (SSSR count). The Morgan fingerprint density at radius 2 is 1.67 bits per heavy atom. The highest BCUT2D eigenvalue weighted by molar-refractivity contribution is 5.06. The number of hydrogen-bond acceptors (Lipinski definition) is 2. The summed E-state index contributed by atoms with van der Waals surface area (Å²) in [5, 5.41) is 0. The Kier molecular flexibility index (Phi) is 7.09. The van der Waals surface area contributed by atoms with Crippen molar-refractivity contribution in [2.45, 2.75) is 83.7 Å². The highest BCUT2D eigenvalue weighted by atomic mass is 19.4. The lowest BCUT2D eigenvalue weighted by molar-refractivity contribution is -0.196. The van der Waals surface area contributed by atoms with Crippen LogP contribution in [0.15, 0.2) is 0 Å². The summed E-state index contributed by atoms with van der Waals surface area (Å²) >= 11 is 0. The fourth-order valence-corrected chi connectivity index (χ4v) is 8.41. The lowest BCUT2D eigenvalue weighted by atomic mass is 9.49. The number of alkyl halides is 3. The molecular weight excluding hydrogens is 389 g/mol. The molecule has 0 radical (unpaired) electrons. The van der Waals surface area contributed by atoms with E-state index in [-0.39, 0.29) is 0 Å². The molecule has 0 saturated heterocycles. The molecule has 0 aromatic rings. The van der Waals surface area contributed by atoms with Crippen LogP contribution in [0.1, 0.15) is 77.6 Å². The zero-order valence-corrected chi connectivity index (χ0v) is 18.9. The first-order valence-electron chi connectivity index (χ1n) is 12.5. The first-order valence-corrected chi connectivity index (χ1v) is 12.5. The van der Waals surface area contributed by atoms with Crippen LogP contribution < -0.4 is 0 Å². The van der Waals surface area contributed by atoms with E-state index in [2.05, 4.69) is 6.92 Å². The Balaban J connectivity index is 1.33. The van der Waals surface area contributed by atoms with Gasteiger partial charge in [0.25, 0.3) is 0 Å². The van der Waals surface area contributed by atoms with E-state index in [1.807, 2.05) is 0 Å². The minimum atomic E-state index is -3.99. The van der Waals surface area contributed by atoms with Gasteiger partial charge in [-0.2, -0.15) is 13.2 Å². The minimum Gasteiger partial charge on any atom is -0.382 e. The van der Waals surface area contributed by atoms with Gasteiger partial charge in [0.15, 0.2) is 0 Å². The topological polar surface area (TPSA) is 18.5 Å². The van der Waals surface area contributed by atoms with Crippen LogP contribution in [0.2, 0.25) is 0 Å². The van der Waals surface area contributed by atoms with Crippen molar-refractivity contribution in [3.05, 3.63) is 0 Å². The number of rotatable bonds is 7. The average Bonchev–Trinajstić information content (AvgIpc) is 3.05. The molecule has 0 aromatic heterocycles. The SMILES string of the molecule is COCCOCCCC1CCC2C3CCC4CC(C(F)(F)F)CCC4C3CCC12C. The molecule has 0 amide bonds. The monoisotopic (exact) mass is 430 g/mol. The van der Waals surface area contributed by atoms with Gasteiger partial charge in [-0.15, -0.1) is 0 Å². The third-order valence-electron chi connectivity index (χ3n) is 9.89. The quantitative estimate of drug-likeness (QED) is 0.410.